The van der Waals surface area contributed by atoms with E-state index < -0.39 is 0 Å². The van der Waals surface area contributed by atoms with Gasteiger partial charge < -0.3 is 0 Å². The molecule has 1 aliphatic rings. The van der Waals surface area contributed by atoms with Crippen LogP contribution >= 0.6 is 0 Å². The zero-order valence-corrected chi connectivity index (χ0v) is 11.7. The van der Waals surface area contributed by atoms with Crippen molar-refractivity contribution in [2.45, 2.75) is 52.0 Å². The third kappa shape index (κ3) is 3.12. The highest BCUT2D eigenvalue weighted by atomic mass is 15.2. The van der Waals surface area contributed by atoms with E-state index in [2.05, 4.69) is 43.5 Å². The maximum absolute atomic E-state index is 5.82. The molecule has 3 N–H and O–H groups in total. The maximum atomic E-state index is 5.82. The highest BCUT2D eigenvalue weighted by Gasteiger charge is 2.28. The number of benzene rings is 1. The lowest BCUT2D eigenvalue weighted by Crippen LogP contribution is -2.35. The number of hydrazine groups is 1. The Balaban J connectivity index is 2.12. The molecule has 0 aliphatic heterocycles. The molecule has 18 heavy (non-hydrogen) atoms. The first kappa shape index (κ1) is 13.6. The van der Waals surface area contributed by atoms with Crippen LogP contribution in [-0.4, -0.2) is 0 Å². The van der Waals surface area contributed by atoms with Gasteiger partial charge in [-0.1, -0.05) is 56.0 Å². The Kier molecular flexibility index (Phi) is 4.79. The molecule has 0 aromatic heterocycles. The lowest BCUT2D eigenvalue weighted by atomic mass is 9.75. The van der Waals surface area contributed by atoms with Gasteiger partial charge in [0.15, 0.2) is 0 Å². The molecule has 2 rings (SSSR count). The van der Waals surface area contributed by atoms with Crippen LogP contribution < -0.4 is 11.3 Å². The summed E-state index contributed by atoms with van der Waals surface area (Å²) >= 11 is 0. The summed E-state index contributed by atoms with van der Waals surface area (Å²) in [7, 11) is 0. The van der Waals surface area contributed by atoms with Crippen LogP contribution in [0.3, 0.4) is 0 Å². The Hall–Kier alpha value is -0.860. The van der Waals surface area contributed by atoms with E-state index in [0.29, 0.717) is 12.0 Å². The highest BCUT2D eigenvalue weighted by Crippen LogP contribution is 2.38. The molecule has 2 heteroatoms. The second-order valence-electron chi connectivity index (χ2n) is 5.76. The standard InChI is InChI=1S/C16H26N2/c1-3-13-7-5-9-15(11-13)16(18-17)14-8-4-6-12(2)10-14/h4,6,8,10,13,15-16,18H,3,5,7,9,11,17H2,1-2H3. The number of rotatable bonds is 4. The second kappa shape index (κ2) is 6.35. The minimum Gasteiger partial charge on any atom is -0.271 e. The normalized spacial score (nSPS) is 25.9. The fourth-order valence-corrected chi connectivity index (χ4v) is 3.37. The van der Waals surface area contributed by atoms with Crippen molar-refractivity contribution in [1.82, 2.24) is 5.43 Å². The van der Waals surface area contributed by atoms with Crippen molar-refractivity contribution in [2.75, 3.05) is 0 Å². The quantitative estimate of drug-likeness (QED) is 0.628. The molecule has 1 aromatic carbocycles. The largest absolute Gasteiger partial charge is 0.271 e. The predicted octanol–water partition coefficient (Wildman–Crippen LogP) is 3.72. The van der Waals surface area contributed by atoms with Crippen LogP contribution in [-0.2, 0) is 0 Å². The summed E-state index contributed by atoms with van der Waals surface area (Å²) in [6.07, 6.45) is 6.69. The Morgan fingerprint density at radius 2 is 2.22 bits per heavy atom. The van der Waals surface area contributed by atoms with E-state index in [4.69, 9.17) is 5.84 Å². The Bertz CT molecular complexity index is 375. The Morgan fingerprint density at radius 1 is 1.39 bits per heavy atom. The van der Waals surface area contributed by atoms with Crippen LogP contribution in [0.25, 0.3) is 0 Å². The van der Waals surface area contributed by atoms with Gasteiger partial charge in [-0.15, -0.1) is 0 Å². The fourth-order valence-electron chi connectivity index (χ4n) is 3.37. The van der Waals surface area contributed by atoms with E-state index in [9.17, 15) is 0 Å². The highest BCUT2D eigenvalue weighted by molar-refractivity contribution is 5.25. The van der Waals surface area contributed by atoms with E-state index in [1.54, 1.807) is 0 Å². The van der Waals surface area contributed by atoms with E-state index in [1.807, 2.05) is 0 Å². The van der Waals surface area contributed by atoms with Gasteiger partial charge >= 0.3 is 0 Å². The zero-order valence-electron chi connectivity index (χ0n) is 11.7. The van der Waals surface area contributed by atoms with Crippen LogP contribution in [0, 0.1) is 18.8 Å². The van der Waals surface area contributed by atoms with Gasteiger partial charge in [-0.3, -0.25) is 11.3 Å². The molecule has 1 aliphatic carbocycles. The van der Waals surface area contributed by atoms with Crippen molar-refractivity contribution in [3.05, 3.63) is 35.4 Å². The molecule has 1 saturated carbocycles. The first-order valence-corrected chi connectivity index (χ1v) is 7.27. The summed E-state index contributed by atoms with van der Waals surface area (Å²) in [4.78, 5) is 0. The van der Waals surface area contributed by atoms with Crippen LogP contribution in [0.4, 0.5) is 0 Å². The molecule has 1 fully saturated rings. The molecule has 0 heterocycles. The SMILES string of the molecule is CCC1CCCC(C(NN)c2cccc(C)c2)C1. The van der Waals surface area contributed by atoms with Gasteiger partial charge in [0.25, 0.3) is 0 Å². The van der Waals surface area contributed by atoms with E-state index in [0.717, 1.165) is 5.92 Å². The van der Waals surface area contributed by atoms with Crippen LogP contribution in [0.15, 0.2) is 24.3 Å². The summed E-state index contributed by atoms with van der Waals surface area (Å²) in [6.45, 7) is 4.46. The molecule has 0 radical (unpaired) electrons. The van der Waals surface area contributed by atoms with Crippen LogP contribution in [0.5, 0.6) is 0 Å². The van der Waals surface area contributed by atoms with Crippen molar-refractivity contribution in [3.8, 4) is 0 Å². The molecule has 1 aromatic rings. The molecule has 3 atom stereocenters. The average Bonchev–Trinajstić information content (AvgIpc) is 2.40. The van der Waals surface area contributed by atoms with Crippen LogP contribution in [0.1, 0.15) is 56.2 Å². The summed E-state index contributed by atoms with van der Waals surface area (Å²) < 4.78 is 0. The van der Waals surface area contributed by atoms with E-state index in [1.165, 1.54) is 43.2 Å². The van der Waals surface area contributed by atoms with Crippen molar-refractivity contribution in [1.29, 1.82) is 0 Å². The van der Waals surface area contributed by atoms with Gasteiger partial charge in [-0.05, 0) is 37.2 Å². The second-order valence-corrected chi connectivity index (χ2v) is 5.76. The third-order valence-electron chi connectivity index (χ3n) is 4.45. The fraction of sp³-hybridized carbons (Fsp3) is 0.625. The van der Waals surface area contributed by atoms with Crippen molar-refractivity contribution in [2.24, 2.45) is 17.7 Å². The van der Waals surface area contributed by atoms with Crippen molar-refractivity contribution in [3.63, 3.8) is 0 Å². The Labute approximate surface area is 111 Å². The molecule has 3 unspecified atom stereocenters. The lowest BCUT2D eigenvalue weighted by Gasteiger charge is -2.34. The first-order valence-electron chi connectivity index (χ1n) is 7.27. The summed E-state index contributed by atoms with van der Waals surface area (Å²) in [5.74, 6) is 7.41. The van der Waals surface area contributed by atoms with E-state index >= 15 is 0 Å². The third-order valence-corrected chi connectivity index (χ3v) is 4.45. The molecule has 2 nitrogen and oxygen atoms in total. The molecule has 100 valence electrons. The first-order chi connectivity index (χ1) is 8.74. The number of nitrogens with two attached hydrogens (primary N) is 1. The van der Waals surface area contributed by atoms with Crippen LogP contribution in [0.2, 0.25) is 0 Å². The van der Waals surface area contributed by atoms with Crippen molar-refractivity contribution >= 4 is 0 Å². The monoisotopic (exact) mass is 246 g/mol. The minimum atomic E-state index is 0.319. The molecular formula is C16H26N2. The maximum Gasteiger partial charge on any atom is 0.0488 e. The molecular weight excluding hydrogens is 220 g/mol. The van der Waals surface area contributed by atoms with Gasteiger partial charge in [-0.2, -0.15) is 0 Å². The number of hydrogen-bond donors (Lipinski definition) is 2. The van der Waals surface area contributed by atoms with Gasteiger partial charge in [0.05, 0.1) is 0 Å². The molecule has 0 saturated heterocycles. The summed E-state index contributed by atoms with van der Waals surface area (Å²) in [5.41, 5.74) is 5.72. The zero-order chi connectivity index (χ0) is 13.0. The van der Waals surface area contributed by atoms with Gasteiger partial charge in [0, 0.05) is 6.04 Å². The van der Waals surface area contributed by atoms with Gasteiger partial charge in [0.1, 0.15) is 0 Å². The van der Waals surface area contributed by atoms with Crippen molar-refractivity contribution < 1.29 is 0 Å². The number of aryl methyl sites for hydroxylation is 1. The van der Waals surface area contributed by atoms with E-state index in [-0.39, 0.29) is 0 Å². The topological polar surface area (TPSA) is 38.0 Å². The van der Waals surface area contributed by atoms with Gasteiger partial charge in [-0.25, -0.2) is 0 Å². The predicted molar refractivity (Wildman–Crippen MR) is 77.0 cm³/mol. The molecule has 0 spiro atoms. The lowest BCUT2D eigenvalue weighted by molar-refractivity contribution is 0.210. The average molecular weight is 246 g/mol. The van der Waals surface area contributed by atoms with Gasteiger partial charge in [0.2, 0.25) is 0 Å². The molecule has 0 bridgehead atoms. The molecule has 0 amide bonds. The smallest absolute Gasteiger partial charge is 0.0488 e. The Morgan fingerprint density at radius 3 is 2.89 bits per heavy atom. The summed E-state index contributed by atoms with van der Waals surface area (Å²) in [5, 5.41) is 0. The minimum absolute atomic E-state index is 0.319. The summed E-state index contributed by atoms with van der Waals surface area (Å²) in [6, 6.07) is 9.06. The number of nitrogens with one attached hydrogen (secondary N) is 1. The number of hydrogen-bond acceptors (Lipinski definition) is 2.